The highest BCUT2D eigenvalue weighted by atomic mass is 32.2. The van der Waals surface area contributed by atoms with Gasteiger partial charge in [-0.25, -0.2) is 9.07 Å². The molecule has 3 aliphatic heterocycles. The largest absolute Gasteiger partial charge is 0.494 e. The number of aromatic nitrogens is 3. The Morgan fingerprint density at radius 2 is 1.98 bits per heavy atom. The Hall–Kier alpha value is -4.03. The van der Waals surface area contributed by atoms with Crippen molar-refractivity contribution < 1.29 is 31.6 Å². The highest BCUT2D eigenvalue weighted by molar-refractivity contribution is 7.84. The molecule has 0 amide bonds. The van der Waals surface area contributed by atoms with Crippen LogP contribution < -0.4 is 8.92 Å². The van der Waals surface area contributed by atoms with Crippen molar-refractivity contribution in [3.63, 3.8) is 0 Å². The molecule has 0 spiro atoms. The summed E-state index contributed by atoms with van der Waals surface area (Å²) in [6.45, 7) is 2.79. The fraction of sp³-hybridized carbons (Fsp3) is 0.321. The maximum absolute atomic E-state index is 15.0. The molecule has 0 radical (unpaired) electrons. The lowest BCUT2D eigenvalue weighted by atomic mass is 9.85. The quantitative estimate of drug-likeness (QED) is 0.381. The van der Waals surface area contributed by atoms with E-state index in [9.17, 15) is 22.7 Å². The van der Waals surface area contributed by atoms with Gasteiger partial charge in [-0.2, -0.15) is 12.7 Å². The van der Waals surface area contributed by atoms with Crippen LogP contribution in [0.3, 0.4) is 0 Å². The Kier molecular flexibility index (Phi) is 6.67. The second kappa shape index (κ2) is 10.2. The van der Waals surface area contributed by atoms with Crippen LogP contribution in [0.4, 0.5) is 4.39 Å². The zero-order chi connectivity index (χ0) is 28.0. The van der Waals surface area contributed by atoms with Crippen LogP contribution in [0.25, 0.3) is 11.0 Å². The van der Waals surface area contributed by atoms with Gasteiger partial charge in [0.15, 0.2) is 0 Å². The molecule has 12 heteroatoms. The van der Waals surface area contributed by atoms with Crippen molar-refractivity contribution in [2.45, 2.75) is 51.7 Å². The van der Waals surface area contributed by atoms with E-state index in [0.717, 1.165) is 28.2 Å². The van der Waals surface area contributed by atoms with Gasteiger partial charge < -0.3 is 14.0 Å². The first-order valence-corrected chi connectivity index (χ1v) is 14.3. The smallest absolute Gasteiger partial charge is 0.385 e. The second-order valence-corrected chi connectivity index (χ2v) is 11.7. The van der Waals surface area contributed by atoms with E-state index in [0.29, 0.717) is 46.7 Å². The molecule has 9 bridgehead atoms. The third-order valence-electron chi connectivity index (χ3n) is 7.40. The fourth-order valence-electron chi connectivity index (χ4n) is 5.45. The number of carboxylic acids is 1. The molecule has 2 atom stereocenters. The van der Waals surface area contributed by atoms with E-state index in [1.54, 1.807) is 24.3 Å². The first-order chi connectivity index (χ1) is 19.2. The Labute approximate surface area is 230 Å². The van der Waals surface area contributed by atoms with Gasteiger partial charge in [0.2, 0.25) is 0 Å². The second-order valence-electron chi connectivity index (χ2n) is 10.1. The Morgan fingerprint density at radius 3 is 2.80 bits per heavy atom. The van der Waals surface area contributed by atoms with Crippen LogP contribution in [0, 0.1) is 12.7 Å². The number of aryl methyl sites for hydroxylation is 2. The molecular formula is C28H27FN4O6S. The number of ether oxygens (including phenoxy) is 1. The van der Waals surface area contributed by atoms with Crippen molar-refractivity contribution in [2.24, 2.45) is 0 Å². The summed E-state index contributed by atoms with van der Waals surface area (Å²) in [5, 5.41) is 18.4. The van der Waals surface area contributed by atoms with E-state index < -0.39 is 28.0 Å². The van der Waals surface area contributed by atoms with Gasteiger partial charge in [0.05, 0.1) is 18.5 Å². The summed E-state index contributed by atoms with van der Waals surface area (Å²) >= 11 is 0. The zero-order valence-electron chi connectivity index (χ0n) is 21.7. The minimum atomic E-state index is -4.15. The predicted octanol–water partition coefficient (Wildman–Crippen LogP) is 4.30. The molecule has 208 valence electrons. The van der Waals surface area contributed by atoms with E-state index in [4.69, 9.17) is 8.92 Å². The first kappa shape index (κ1) is 26.2. The summed E-state index contributed by atoms with van der Waals surface area (Å²) in [6.07, 6.45) is 1.26. The monoisotopic (exact) mass is 566 g/mol. The number of hydrogen-bond donors (Lipinski definition) is 1. The van der Waals surface area contributed by atoms with E-state index >= 15 is 0 Å². The number of aliphatic carboxylic acids is 1. The number of hydrogen-bond acceptors (Lipinski definition) is 7. The summed E-state index contributed by atoms with van der Waals surface area (Å²) < 4.78 is 55.1. The molecular weight excluding hydrogens is 539 g/mol. The van der Waals surface area contributed by atoms with Gasteiger partial charge in [0.1, 0.15) is 22.8 Å². The molecule has 4 aromatic rings. The summed E-state index contributed by atoms with van der Waals surface area (Å²) in [7, 11) is -4.15. The van der Waals surface area contributed by atoms with E-state index in [1.165, 1.54) is 12.1 Å². The number of halogens is 1. The molecule has 0 fully saturated rings. The number of carbonyl (C=O) groups is 1. The molecule has 3 aliphatic rings. The van der Waals surface area contributed by atoms with Crippen molar-refractivity contribution >= 4 is 27.3 Å². The molecule has 10 nitrogen and oxygen atoms in total. The van der Waals surface area contributed by atoms with E-state index in [1.807, 2.05) is 23.7 Å². The van der Waals surface area contributed by atoms with Crippen molar-refractivity contribution in [2.75, 3.05) is 6.61 Å². The van der Waals surface area contributed by atoms with Crippen molar-refractivity contribution in [3.05, 3.63) is 82.2 Å². The van der Waals surface area contributed by atoms with Crippen LogP contribution in [0.2, 0.25) is 0 Å². The number of nitrogens with zero attached hydrogens (tertiary/aromatic N) is 4. The average molecular weight is 567 g/mol. The molecule has 7 rings (SSSR count). The molecule has 0 saturated heterocycles. The molecule has 3 aromatic carbocycles. The number of carboxylic acid groups (broad SMARTS) is 1. The third-order valence-corrected chi connectivity index (χ3v) is 8.68. The van der Waals surface area contributed by atoms with Crippen molar-refractivity contribution in [1.29, 1.82) is 0 Å². The van der Waals surface area contributed by atoms with Crippen LogP contribution in [0.15, 0.2) is 48.5 Å². The lowest BCUT2D eigenvalue weighted by Crippen LogP contribution is -2.37. The van der Waals surface area contributed by atoms with Crippen LogP contribution in [-0.2, 0) is 34.7 Å². The Bertz CT molecular complexity index is 1740. The minimum absolute atomic E-state index is 0.0150. The zero-order valence-corrected chi connectivity index (χ0v) is 22.5. The lowest BCUT2D eigenvalue weighted by molar-refractivity contribution is -0.137. The highest BCUT2D eigenvalue weighted by Crippen LogP contribution is 2.36. The standard InChI is InChI=1S/C28H27FN4O6S/c1-17-23-5-6-25-28(17)30-31-33(25)8-2-3-9-38-22-4-7-26-20(13-22)16-32(40(36,37)39-26)15-18-10-19(12-21(29)11-18)24(23)14-27(34)35/h4-7,10-13,24H,2-3,8-9,14-16H2,1H3,(H,34,35). The summed E-state index contributed by atoms with van der Waals surface area (Å²) in [5.41, 5.74) is 4.35. The van der Waals surface area contributed by atoms with Crippen molar-refractivity contribution in [1.82, 2.24) is 19.3 Å². The first-order valence-electron chi connectivity index (χ1n) is 13.0. The topological polar surface area (TPSA) is 124 Å². The summed E-state index contributed by atoms with van der Waals surface area (Å²) in [4.78, 5) is 11.9. The van der Waals surface area contributed by atoms with Gasteiger partial charge >= 0.3 is 16.3 Å². The summed E-state index contributed by atoms with van der Waals surface area (Å²) in [6, 6.07) is 12.9. The summed E-state index contributed by atoms with van der Waals surface area (Å²) in [5.74, 6) is -1.52. The Balaban J connectivity index is 1.47. The third kappa shape index (κ3) is 5.00. The van der Waals surface area contributed by atoms with Crippen LogP contribution in [0.1, 0.15) is 53.0 Å². The molecule has 1 N–H and O–H groups in total. The average Bonchev–Trinajstić information content (AvgIpc) is 3.31. The molecule has 0 aliphatic carbocycles. The fourth-order valence-corrected chi connectivity index (χ4v) is 6.55. The molecule has 4 heterocycles. The molecule has 2 unspecified atom stereocenters. The van der Waals surface area contributed by atoms with E-state index in [2.05, 4.69) is 10.3 Å². The molecule has 40 heavy (non-hydrogen) atoms. The lowest BCUT2D eigenvalue weighted by Gasteiger charge is -2.28. The van der Waals surface area contributed by atoms with Gasteiger partial charge in [-0.05, 0) is 78.4 Å². The number of benzene rings is 3. The normalized spacial score (nSPS) is 20.2. The maximum Gasteiger partial charge on any atom is 0.385 e. The van der Waals surface area contributed by atoms with Crippen LogP contribution in [-0.4, -0.2) is 45.4 Å². The predicted molar refractivity (Wildman–Crippen MR) is 143 cm³/mol. The highest BCUT2D eigenvalue weighted by Gasteiger charge is 2.32. The SMILES string of the molecule is Cc1c2ccc3c1nnn3CCCCOc1ccc3c(c1)CN(Cc1cc(F)cc(c1)C2CC(=O)O)S(=O)(=O)O3. The molecule has 0 saturated carbocycles. The van der Waals surface area contributed by atoms with Gasteiger partial charge in [0.25, 0.3) is 0 Å². The van der Waals surface area contributed by atoms with Gasteiger partial charge in [0, 0.05) is 31.1 Å². The number of rotatable bonds is 2. The number of fused-ring (bicyclic) bond motifs is 5. The van der Waals surface area contributed by atoms with Crippen LogP contribution in [0.5, 0.6) is 11.5 Å². The van der Waals surface area contributed by atoms with Crippen LogP contribution >= 0.6 is 0 Å². The van der Waals surface area contributed by atoms with Gasteiger partial charge in [-0.15, -0.1) is 5.10 Å². The van der Waals surface area contributed by atoms with Gasteiger partial charge in [-0.1, -0.05) is 17.3 Å². The minimum Gasteiger partial charge on any atom is -0.494 e. The Morgan fingerprint density at radius 1 is 1.12 bits per heavy atom. The van der Waals surface area contributed by atoms with Gasteiger partial charge in [-0.3, -0.25) is 4.79 Å². The molecule has 1 aromatic heterocycles. The van der Waals surface area contributed by atoms with Crippen molar-refractivity contribution in [3.8, 4) is 11.5 Å². The maximum atomic E-state index is 15.0. The van der Waals surface area contributed by atoms with E-state index in [-0.39, 0.29) is 25.3 Å².